The Morgan fingerprint density at radius 2 is 1.59 bits per heavy atom. The highest BCUT2D eigenvalue weighted by Crippen LogP contribution is 2.30. The highest BCUT2D eigenvalue weighted by Gasteiger charge is 2.05. The van der Waals surface area contributed by atoms with Gasteiger partial charge in [0.25, 0.3) is 0 Å². The Hall–Kier alpha value is -2.94. The van der Waals surface area contributed by atoms with Crippen LogP contribution in [0.25, 0.3) is 18.2 Å². The summed E-state index contributed by atoms with van der Waals surface area (Å²) < 4.78 is 0. The van der Waals surface area contributed by atoms with E-state index >= 15 is 0 Å². The fraction of sp³-hybridized carbons (Fsp3) is 0.0526. The maximum absolute atomic E-state index is 10.0. The molecule has 0 aliphatic rings. The van der Waals surface area contributed by atoms with E-state index in [1.807, 2.05) is 13.0 Å². The van der Waals surface area contributed by atoms with Gasteiger partial charge < -0.3 is 15.3 Å². The lowest BCUT2D eigenvalue weighted by atomic mass is 10.0. The highest BCUT2D eigenvalue weighted by atomic mass is 16.3. The van der Waals surface area contributed by atoms with Crippen LogP contribution in [0.15, 0.2) is 54.6 Å². The number of hydrogen-bond acceptors (Lipinski definition) is 3. The number of hydrogen-bond donors (Lipinski definition) is 3. The minimum atomic E-state index is -0.00432. The molecule has 0 radical (unpaired) electrons. The Morgan fingerprint density at radius 1 is 0.909 bits per heavy atom. The zero-order chi connectivity index (χ0) is 16.1. The second-order valence-corrected chi connectivity index (χ2v) is 5.07. The second-order valence-electron chi connectivity index (χ2n) is 5.07. The van der Waals surface area contributed by atoms with Gasteiger partial charge in [0, 0.05) is 11.6 Å². The highest BCUT2D eigenvalue weighted by molar-refractivity contribution is 5.78. The van der Waals surface area contributed by atoms with Crippen LogP contribution in [0.2, 0.25) is 0 Å². The van der Waals surface area contributed by atoms with E-state index in [0.717, 1.165) is 11.1 Å². The number of benzene rings is 2. The molecule has 0 amide bonds. The molecule has 0 fully saturated rings. The first-order valence-electron chi connectivity index (χ1n) is 6.82. The number of phenols is 3. The van der Waals surface area contributed by atoms with E-state index in [9.17, 15) is 15.3 Å². The second kappa shape index (κ2) is 6.68. The lowest BCUT2D eigenvalue weighted by molar-refractivity contribution is 0.449. The average molecular weight is 294 g/mol. The Labute approximate surface area is 129 Å². The molecule has 0 atom stereocenters. The molecule has 0 spiro atoms. The van der Waals surface area contributed by atoms with Crippen molar-refractivity contribution < 1.29 is 15.3 Å². The summed E-state index contributed by atoms with van der Waals surface area (Å²) in [4.78, 5) is 0. The summed E-state index contributed by atoms with van der Waals surface area (Å²) >= 11 is 0. The van der Waals surface area contributed by atoms with E-state index in [2.05, 4.69) is 6.58 Å². The van der Waals surface area contributed by atoms with Gasteiger partial charge in [-0.05, 0) is 36.2 Å². The fourth-order valence-corrected chi connectivity index (χ4v) is 1.96. The number of rotatable bonds is 4. The molecule has 3 N–H and O–H groups in total. The quantitative estimate of drug-likeness (QED) is 0.572. The van der Waals surface area contributed by atoms with Crippen LogP contribution < -0.4 is 0 Å². The molecule has 0 aliphatic heterocycles. The summed E-state index contributed by atoms with van der Waals surface area (Å²) in [7, 11) is 0. The van der Waals surface area contributed by atoms with Gasteiger partial charge in [0.15, 0.2) is 0 Å². The van der Waals surface area contributed by atoms with Gasteiger partial charge in [0.2, 0.25) is 0 Å². The lowest BCUT2D eigenvalue weighted by Gasteiger charge is -2.06. The molecule has 3 nitrogen and oxygen atoms in total. The molecular weight excluding hydrogens is 276 g/mol. The Bertz CT molecular complexity index is 738. The smallest absolute Gasteiger partial charge is 0.127 e. The van der Waals surface area contributed by atoms with Crippen molar-refractivity contribution in [2.75, 3.05) is 0 Å². The topological polar surface area (TPSA) is 60.7 Å². The molecule has 0 saturated carbocycles. The van der Waals surface area contributed by atoms with E-state index in [0.29, 0.717) is 11.1 Å². The molecule has 3 heteroatoms. The first-order chi connectivity index (χ1) is 10.5. The predicted octanol–water partition coefficient (Wildman–Crippen LogP) is 4.56. The maximum atomic E-state index is 10.0. The zero-order valence-electron chi connectivity index (χ0n) is 12.3. The van der Waals surface area contributed by atoms with E-state index < -0.39 is 0 Å². The summed E-state index contributed by atoms with van der Waals surface area (Å²) in [6.45, 7) is 5.65. The molecule has 0 aliphatic carbocycles. The van der Waals surface area contributed by atoms with Crippen LogP contribution in [-0.4, -0.2) is 15.3 Å². The predicted molar refractivity (Wildman–Crippen MR) is 90.7 cm³/mol. The largest absolute Gasteiger partial charge is 0.508 e. The van der Waals surface area contributed by atoms with Crippen LogP contribution in [0.5, 0.6) is 17.2 Å². The van der Waals surface area contributed by atoms with Gasteiger partial charge in [-0.25, -0.2) is 0 Å². The number of aromatic hydroxyl groups is 3. The lowest BCUT2D eigenvalue weighted by Crippen LogP contribution is -1.83. The maximum Gasteiger partial charge on any atom is 0.127 e. The van der Waals surface area contributed by atoms with E-state index in [-0.39, 0.29) is 17.2 Å². The van der Waals surface area contributed by atoms with Crippen molar-refractivity contribution in [2.45, 2.75) is 6.92 Å². The van der Waals surface area contributed by atoms with Crippen LogP contribution in [0, 0.1) is 0 Å². The Kier molecular flexibility index (Phi) is 4.69. The van der Waals surface area contributed by atoms with Crippen LogP contribution >= 0.6 is 0 Å². The molecule has 0 saturated heterocycles. The summed E-state index contributed by atoms with van der Waals surface area (Å²) in [6, 6.07) is 9.63. The van der Waals surface area contributed by atoms with Crippen LogP contribution in [0.3, 0.4) is 0 Å². The van der Waals surface area contributed by atoms with Crippen molar-refractivity contribution in [1.82, 2.24) is 0 Å². The van der Waals surface area contributed by atoms with Crippen molar-refractivity contribution in [3.63, 3.8) is 0 Å². The first-order valence-corrected chi connectivity index (χ1v) is 6.82. The van der Waals surface area contributed by atoms with Gasteiger partial charge >= 0.3 is 0 Å². The fourth-order valence-electron chi connectivity index (χ4n) is 1.96. The third-order valence-corrected chi connectivity index (χ3v) is 3.06. The van der Waals surface area contributed by atoms with Crippen LogP contribution in [0.4, 0.5) is 0 Å². The molecule has 2 rings (SSSR count). The summed E-state index contributed by atoms with van der Waals surface area (Å²) in [5.74, 6) is 0.204. The van der Waals surface area contributed by atoms with Crippen molar-refractivity contribution in [1.29, 1.82) is 0 Å². The third kappa shape index (κ3) is 4.03. The molecule has 112 valence electrons. The van der Waals surface area contributed by atoms with Gasteiger partial charge in [-0.2, -0.15) is 0 Å². The van der Waals surface area contributed by atoms with Crippen LogP contribution in [-0.2, 0) is 0 Å². The summed E-state index contributed by atoms with van der Waals surface area (Å²) in [5, 5.41) is 28.9. The minimum Gasteiger partial charge on any atom is -0.508 e. The van der Waals surface area contributed by atoms with E-state index in [4.69, 9.17) is 0 Å². The molecular formula is C19H18O3. The van der Waals surface area contributed by atoms with Crippen molar-refractivity contribution in [2.24, 2.45) is 0 Å². The van der Waals surface area contributed by atoms with Crippen molar-refractivity contribution >= 4 is 18.2 Å². The van der Waals surface area contributed by atoms with Gasteiger partial charge in [0.1, 0.15) is 17.2 Å². The summed E-state index contributed by atoms with van der Waals surface area (Å²) in [5.41, 5.74) is 3.05. The summed E-state index contributed by atoms with van der Waals surface area (Å²) in [6.07, 6.45) is 7.19. The van der Waals surface area contributed by atoms with E-state index in [1.165, 1.54) is 6.07 Å². The first kappa shape index (κ1) is 15.4. The number of allylic oxidation sites excluding steroid dienone is 2. The molecule has 2 aromatic carbocycles. The minimum absolute atomic E-state index is 0.00264. The SMILES string of the molecule is C=C(C)C=Cc1c(O)cc(O)cc1C=Cc1ccc(O)cc1. The Balaban J connectivity index is 2.40. The van der Waals surface area contributed by atoms with Gasteiger partial charge in [0.05, 0.1) is 0 Å². The molecule has 0 heterocycles. The monoisotopic (exact) mass is 294 g/mol. The molecule has 0 bridgehead atoms. The number of phenolic OH excluding ortho intramolecular Hbond substituents is 3. The van der Waals surface area contributed by atoms with E-state index in [1.54, 1.807) is 48.6 Å². The van der Waals surface area contributed by atoms with Gasteiger partial charge in [-0.1, -0.05) is 48.6 Å². The molecule has 2 aromatic rings. The van der Waals surface area contributed by atoms with Crippen molar-refractivity contribution in [3.8, 4) is 17.2 Å². The molecule has 0 aromatic heterocycles. The normalized spacial score (nSPS) is 11.3. The van der Waals surface area contributed by atoms with Gasteiger partial charge in [-0.3, -0.25) is 0 Å². The zero-order valence-corrected chi connectivity index (χ0v) is 12.3. The average Bonchev–Trinajstić information content (AvgIpc) is 2.45. The van der Waals surface area contributed by atoms with Crippen molar-refractivity contribution in [3.05, 3.63) is 71.3 Å². The molecule has 22 heavy (non-hydrogen) atoms. The third-order valence-electron chi connectivity index (χ3n) is 3.06. The molecule has 0 unspecified atom stereocenters. The Morgan fingerprint density at radius 3 is 2.23 bits per heavy atom. The standard InChI is InChI=1S/C19H18O3/c1-13(2)3-10-18-15(11-17(21)12-19(18)22)7-4-14-5-8-16(20)9-6-14/h3-12,20-22H,1H2,2H3. The van der Waals surface area contributed by atoms with Gasteiger partial charge in [-0.15, -0.1) is 0 Å². The van der Waals surface area contributed by atoms with Crippen LogP contribution in [0.1, 0.15) is 23.6 Å².